The van der Waals surface area contributed by atoms with E-state index >= 15 is 0 Å². The number of hydrogen-bond donors (Lipinski definition) is 1. The minimum atomic E-state index is -0.482. The molecule has 29 heavy (non-hydrogen) atoms. The zero-order chi connectivity index (χ0) is 20.8. The van der Waals surface area contributed by atoms with E-state index in [1.807, 2.05) is 0 Å². The Labute approximate surface area is 172 Å². The molecule has 0 saturated carbocycles. The van der Waals surface area contributed by atoms with E-state index in [9.17, 15) is 14.9 Å². The molecule has 0 atom stereocenters. The summed E-state index contributed by atoms with van der Waals surface area (Å²) in [6, 6.07) is 17.9. The summed E-state index contributed by atoms with van der Waals surface area (Å²) >= 11 is 5.83. The SMILES string of the molecule is COc1ccc(-c2cc([N+](=O)[O-])ccc2OCC(=O)Nc2ccc(Cl)cc2)cc1. The predicted octanol–water partition coefficient (Wildman–Crippen LogP) is 4.94. The Balaban J connectivity index is 1.79. The number of anilines is 1. The first-order valence-electron chi connectivity index (χ1n) is 8.57. The van der Waals surface area contributed by atoms with Crippen molar-refractivity contribution in [1.29, 1.82) is 0 Å². The van der Waals surface area contributed by atoms with Crippen molar-refractivity contribution >= 4 is 28.9 Å². The van der Waals surface area contributed by atoms with Gasteiger partial charge in [0.15, 0.2) is 6.61 Å². The Morgan fingerprint density at radius 3 is 2.38 bits per heavy atom. The molecule has 0 aliphatic carbocycles. The Morgan fingerprint density at radius 1 is 1.07 bits per heavy atom. The number of amides is 1. The summed E-state index contributed by atoms with van der Waals surface area (Å²) in [5, 5.41) is 14.4. The molecule has 0 aliphatic rings. The van der Waals surface area contributed by atoms with E-state index in [0.717, 1.165) is 0 Å². The summed E-state index contributed by atoms with van der Waals surface area (Å²) < 4.78 is 10.8. The van der Waals surface area contributed by atoms with Crippen LogP contribution in [0.15, 0.2) is 66.7 Å². The maximum Gasteiger partial charge on any atom is 0.270 e. The lowest BCUT2D eigenvalue weighted by Crippen LogP contribution is -2.20. The van der Waals surface area contributed by atoms with Gasteiger partial charge in [-0.1, -0.05) is 23.7 Å². The molecule has 3 aromatic carbocycles. The van der Waals surface area contributed by atoms with E-state index in [1.165, 1.54) is 18.2 Å². The number of methoxy groups -OCH3 is 1. The number of carbonyl (C=O) groups is 1. The summed E-state index contributed by atoms with van der Waals surface area (Å²) in [6.07, 6.45) is 0. The number of non-ortho nitro benzene ring substituents is 1. The van der Waals surface area contributed by atoms with Crippen molar-refractivity contribution in [3.63, 3.8) is 0 Å². The summed E-state index contributed by atoms with van der Waals surface area (Å²) in [6.45, 7) is -0.260. The normalized spacial score (nSPS) is 10.3. The first kappa shape index (κ1) is 20.2. The molecule has 148 valence electrons. The number of rotatable bonds is 7. The molecule has 0 spiro atoms. The van der Waals surface area contributed by atoms with Gasteiger partial charge in [-0.3, -0.25) is 14.9 Å². The Hall–Kier alpha value is -3.58. The van der Waals surface area contributed by atoms with Crippen molar-refractivity contribution in [3.8, 4) is 22.6 Å². The van der Waals surface area contributed by atoms with E-state index in [4.69, 9.17) is 21.1 Å². The summed E-state index contributed by atoms with van der Waals surface area (Å²) in [5.74, 6) is 0.641. The van der Waals surface area contributed by atoms with Crippen LogP contribution in [-0.4, -0.2) is 24.5 Å². The molecule has 0 saturated heterocycles. The minimum absolute atomic E-state index is 0.0752. The molecule has 1 N–H and O–H groups in total. The highest BCUT2D eigenvalue weighted by atomic mass is 35.5. The van der Waals surface area contributed by atoms with E-state index in [0.29, 0.717) is 33.3 Å². The monoisotopic (exact) mass is 412 g/mol. The fourth-order valence-corrected chi connectivity index (χ4v) is 2.75. The number of carbonyl (C=O) groups excluding carboxylic acids is 1. The smallest absolute Gasteiger partial charge is 0.270 e. The lowest BCUT2D eigenvalue weighted by atomic mass is 10.0. The molecule has 0 bridgehead atoms. The maximum absolute atomic E-state index is 12.2. The molecular formula is C21H17ClN2O5. The number of nitro benzene ring substituents is 1. The second-order valence-electron chi connectivity index (χ2n) is 6.01. The van der Waals surface area contributed by atoms with Gasteiger partial charge in [-0.15, -0.1) is 0 Å². The van der Waals surface area contributed by atoms with Gasteiger partial charge in [-0.05, 0) is 48.0 Å². The highest BCUT2D eigenvalue weighted by molar-refractivity contribution is 6.30. The minimum Gasteiger partial charge on any atom is -0.497 e. The van der Waals surface area contributed by atoms with Crippen molar-refractivity contribution < 1.29 is 19.2 Å². The third-order valence-electron chi connectivity index (χ3n) is 4.06. The lowest BCUT2D eigenvalue weighted by molar-refractivity contribution is -0.384. The summed E-state index contributed by atoms with van der Waals surface area (Å²) in [7, 11) is 1.55. The van der Waals surface area contributed by atoms with Crippen LogP contribution in [0.5, 0.6) is 11.5 Å². The van der Waals surface area contributed by atoms with Gasteiger partial charge in [0.2, 0.25) is 0 Å². The summed E-state index contributed by atoms with van der Waals surface area (Å²) in [4.78, 5) is 22.9. The summed E-state index contributed by atoms with van der Waals surface area (Å²) in [5.41, 5.74) is 1.71. The number of nitrogens with one attached hydrogen (secondary N) is 1. The molecule has 0 fully saturated rings. The second-order valence-corrected chi connectivity index (χ2v) is 6.45. The Kier molecular flexibility index (Phi) is 6.31. The van der Waals surface area contributed by atoms with Gasteiger partial charge in [0.1, 0.15) is 11.5 Å². The Bertz CT molecular complexity index is 1020. The van der Waals surface area contributed by atoms with Crippen molar-refractivity contribution in [2.75, 3.05) is 19.0 Å². The molecular weight excluding hydrogens is 396 g/mol. The Morgan fingerprint density at radius 2 is 1.76 bits per heavy atom. The number of ether oxygens (including phenoxy) is 2. The van der Waals surface area contributed by atoms with Crippen LogP contribution in [0, 0.1) is 10.1 Å². The number of benzene rings is 3. The second kappa shape index (κ2) is 9.07. The topological polar surface area (TPSA) is 90.7 Å². The largest absolute Gasteiger partial charge is 0.497 e. The van der Waals surface area contributed by atoms with E-state index in [2.05, 4.69) is 5.32 Å². The maximum atomic E-state index is 12.2. The standard InChI is InChI=1S/C21H17ClN2O5/c1-28-18-9-2-14(3-10-18)19-12-17(24(26)27)8-11-20(19)29-13-21(25)23-16-6-4-15(22)5-7-16/h2-12H,13H2,1H3,(H,23,25). The fraction of sp³-hybridized carbons (Fsp3) is 0.0952. The fourth-order valence-electron chi connectivity index (χ4n) is 2.63. The number of nitro groups is 1. The predicted molar refractivity (Wildman–Crippen MR) is 111 cm³/mol. The van der Waals surface area contributed by atoms with Gasteiger partial charge >= 0.3 is 0 Å². The van der Waals surface area contributed by atoms with Crippen molar-refractivity contribution in [1.82, 2.24) is 0 Å². The van der Waals surface area contributed by atoms with Crippen LogP contribution < -0.4 is 14.8 Å². The van der Waals surface area contributed by atoms with E-state index in [1.54, 1.807) is 55.6 Å². The van der Waals surface area contributed by atoms with Crippen molar-refractivity contribution in [3.05, 3.63) is 81.9 Å². The average molecular weight is 413 g/mol. The molecule has 8 heteroatoms. The van der Waals surface area contributed by atoms with Gasteiger partial charge in [-0.2, -0.15) is 0 Å². The highest BCUT2D eigenvalue weighted by Crippen LogP contribution is 2.34. The van der Waals surface area contributed by atoms with Crippen LogP contribution >= 0.6 is 11.6 Å². The molecule has 0 radical (unpaired) electrons. The van der Waals surface area contributed by atoms with Crippen LogP contribution in [0.1, 0.15) is 0 Å². The van der Waals surface area contributed by atoms with Crippen molar-refractivity contribution in [2.24, 2.45) is 0 Å². The van der Waals surface area contributed by atoms with Crippen molar-refractivity contribution in [2.45, 2.75) is 0 Å². The van der Waals surface area contributed by atoms with Gasteiger partial charge in [0.25, 0.3) is 11.6 Å². The molecule has 0 unspecified atom stereocenters. The highest BCUT2D eigenvalue weighted by Gasteiger charge is 2.15. The van der Waals surface area contributed by atoms with Gasteiger partial charge in [-0.25, -0.2) is 0 Å². The van der Waals surface area contributed by atoms with Gasteiger partial charge in [0.05, 0.1) is 12.0 Å². The molecule has 0 aliphatic heterocycles. The van der Waals surface area contributed by atoms with Crippen LogP contribution in [-0.2, 0) is 4.79 Å². The van der Waals surface area contributed by atoms with Gasteiger partial charge in [0, 0.05) is 28.4 Å². The van der Waals surface area contributed by atoms with E-state index in [-0.39, 0.29) is 18.2 Å². The molecule has 7 nitrogen and oxygen atoms in total. The lowest BCUT2D eigenvalue weighted by Gasteiger charge is -2.12. The molecule has 0 aromatic heterocycles. The number of nitrogens with zero attached hydrogens (tertiary/aromatic N) is 1. The van der Waals surface area contributed by atoms with Crippen LogP contribution in [0.4, 0.5) is 11.4 Å². The van der Waals surface area contributed by atoms with Gasteiger partial charge < -0.3 is 14.8 Å². The molecule has 3 aromatic rings. The molecule has 3 rings (SSSR count). The quantitative estimate of drug-likeness (QED) is 0.438. The first-order chi connectivity index (χ1) is 14.0. The van der Waals surface area contributed by atoms with Crippen LogP contribution in [0.2, 0.25) is 5.02 Å². The van der Waals surface area contributed by atoms with E-state index < -0.39 is 4.92 Å². The number of halogens is 1. The van der Waals surface area contributed by atoms with Crippen LogP contribution in [0.3, 0.4) is 0 Å². The third-order valence-corrected chi connectivity index (χ3v) is 4.31. The molecule has 0 heterocycles. The molecule has 1 amide bonds. The zero-order valence-corrected chi connectivity index (χ0v) is 16.2. The zero-order valence-electron chi connectivity index (χ0n) is 15.4. The number of hydrogen-bond acceptors (Lipinski definition) is 5. The van der Waals surface area contributed by atoms with Crippen LogP contribution in [0.25, 0.3) is 11.1 Å². The first-order valence-corrected chi connectivity index (χ1v) is 8.95. The third kappa shape index (κ3) is 5.24. The average Bonchev–Trinajstić information content (AvgIpc) is 2.74.